The first kappa shape index (κ1) is 20.2. The number of ether oxygens (including phenoxy) is 1. The van der Waals surface area contributed by atoms with Crippen molar-refractivity contribution < 1.29 is 31.1 Å². The van der Waals surface area contributed by atoms with Crippen molar-refractivity contribution >= 4 is 11.9 Å². The average Bonchev–Trinajstić information content (AvgIpc) is 2.73. The lowest BCUT2D eigenvalue weighted by Gasteiger charge is -2.10. The number of hydrazone groups is 1. The maximum Gasteiger partial charge on any atom is 0.200 e. The van der Waals surface area contributed by atoms with E-state index in [0.29, 0.717) is 16.9 Å². The van der Waals surface area contributed by atoms with E-state index in [1.807, 2.05) is 5.43 Å². The van der Waals surface area contributed by atoms with E-state index in [9.17, 15) is 26.3 Å². The van der Waals surface area contributed by atoms with Crippen molar-refractivity contribution in [3.63, 3.8) is 0 Å². The van der Waals surface area contributed by atoms with E-state index in [0.717, 1.165) is 6.21 Å². The largest absolute Gasteiger partial charge is 0.488 e. The van der Waals surface area contributed by atoms with Crippen LogP contribution in [-0.2, 0) is 6.61 Å². The minimum Gasteiger partial charge on any atom is -0.488 e. The van der Waals surface area contributed by atoms with E-state index in [2.05, 4.69) is 5.10 Å². The molecule has 0 unspecified atom stereocenters. The zero-order valence-electron chi connectivity index (χ0n) is 14.5. The standard InChI is InChI=1S/C20H12F6N2O/c21-13-7-5-11(6-8-13)10-29-14-4-2-1-3-12(14)9-27-28-20-18(25)16(23)15(22)17(24)19(20)26/h1-9,28H,10H2. The number of nitrogens with one attached hydrogen (secondary N) is 1. The molecule has 150 valence electrons. The molecule has 0 aliphatic heterocycles. The van der Waals surface area contributed by atoms with E-state index in [1.54, 1.807) is 24.3 Å². The topological polar surface area (TPSA) is 33.6 Å². The Morgan fingerprint density at radius 3 is 2.00 bits per heavy atom. The minimum atomic E-state index is -2.26. The Morgan fingerprint density at radius 1 is 0.759 bits per heavy atom. The first-order chi connectivity index (χ1) is 13.9. The summed E-state index contributed by atoms with van der Waals surface area (Å²) < 4.78 is 85.3. The van der Waals surface area contributed by atoms with Gasteiger partial charge in [0.1, 0.15) is 23.9 Å². The summed E-state index contributed by atoms with van der Waals surface area (Å²) in [6.45, 7) is 0.107. The number of rotatable bonds is 6. The molecule has 3 aromatic rings. The molecule has 0 aliphatic carbocycles. The van der Waals surface area contributed by atoms with Crippen molar-refractivity contribution in [2.24, 2.45) is 5.10 Å². The van der Waals surface area contributed by atoms with E-state index < -0.39 is 34.8 Å². The fraction of sp³-hybridized carbons (Fsp3) is 0.0500. The van der Waals surface area contributed by atoms with Crippen LogP contribution in [0.25, 0.3) is 0 Å². The highest BCUT2D eigenvalue weighted by Gasteiger charge is 2.25. The predicted octanol–water partition coefficient (Wildman–Crippen LogP) is 5.55. The summed E-state index contributed by atoms with van der Waals surface area (Å²) in [7, 11) is 0. The van der Waals surface area contributed by atoms with Gasteiger partial charge in [-0.25, -0.2) is 26.3 Å². The Hall–Kier alpha value is -3.49. The first-order valence-electron chi connectivity index (χ1n) is 8.15. The summed E-state index contributed by atoms with van der Waals surface area (Å²) in [4.78, 5) is 0. The molecule has 0 spiro atoms. The molecule has 1 N–H and O–H groups in total. The second-order valence-electron chi connectivity index (χ2n) is 5.77. The summed E-state index contributed by atoms with van der Waals surface area (Å²) in [6, 6.07) is 12.1. The van der Waals surface area contributed by atoms with Gasteiger partial charge in [-0.3, -0.25) is 5.43 Å². The Bertz CT molecular complexity index is 1020. The van der Waals surface area contributed by atoms with Crippen LogP contribution < -0.4 is 10.2 Å². The molecule has 0 bridgehead atoms. The number of nitrogens with zero attached hydrogens (tertiary/aromatic N) is 1. The Balaban J connectivity index is 1.76. The lowest BCUT2D eigenvalue weighted by Crippen LogP contribution is -2.06. The molecule has 9 heteroatoms. The van der Waals surface area contributed by atoms with E-state index in [1.165, 1.54) is 24.3 Å². The van der Waals surface area contributed by atoms with Gasteiger partial charge < -0.3 is 4.74 Å². The molecule has 0 aliphatic rings. The Labute approximate surface area is 161 Å². The Kier molecular flexibility index (Phi) is 6.06. The second kappa shape index (κ2) is 8.68. The van der Waals surface area contributed by atoms with Crippen LogP contribution in [0.15, 0.2) is 53.6 Å². The van der Waals surface area contributed by atoms with Crippen LogP contribution in [-0.4, -0.2) is 6.21 Å². The quantitative estimate of drug-likeness (QED) is 0.190. The van der Waals surface area contributed by atoms with Gasteiger partial charge in [-0.05, 0) is 29.8 Å². The average molecular weight is 410 g/mol. The maximum atomic E-state index is 13.6. The molecule has 0 amide bonds. The molecule has 3 rings (SSSR count). The number of para-hydroxylation sites is 1. The monoisotopic (exact) mass is 410 g/mol. The molecule has 3 nitrogen and oxygen atoms in total. The summed E-state index contributed by atoms with van der Waals surface area (Å²) in [5, 5.41) is 3.53. The summed E-state index contributed by atoms with van der Waals surface area (Å²) in [5.74, 6) is -10.5. The lowest BCUT2D eigenvalue weighted by molar-refractivity contribution is 0.305. The van der Waals surface area contributed by atoms with Crippen LogP contribution >= 0.6 is 0 Å². The highest BCUT2D eigenvalue weighted by atomic mass is 19.2. The fourth-order valence-electron chi connectivity index (χ4n) is 2.33. The summed E-state index contributed by atoms with van der Waals surface area (Å²) in [5.41, 5.74) is 1.60. The lowest BCUT2D eigenvalue weighted by atomic mass is 10.2. The van der Waals surface area contributed by atoms with Crippen molar-refractivity contribution in [1.29, 1.82) is 0 Å². The van der Waals surface area contributed by atoms with Crippen LogP contribution in [0, 0.1) is 34.9 Å². The minimum absolute atomic E-state index is 0.107. The van der Waals surface area contributed by atoms with Crippen molar-refractivity contribution in [2.75, 3.05) is 5.43 Å². The second-order valence-corrected chi connectivity index (χ2v) is 5.77. The van der Waals surface area contributed by atoms with Crippen molar-refractivity contribution in [3.05, 3.63) is 94.6 Å². The molecular weight excluding hydrogens is 398 g/mol. The SMILES string of the molecule is Fc1ccc(COc2ccccc2C=NNc2c(F)c(F)c(F)c(F)c2F)cc1. The zero-order chi connectivity index (χ0) is 21.0. The highest BCUT2D eigenvalue weighted by molar-refractivity contribution is 5.84. The molecule has 3 aromatic carbocycles. The number of anilines is 1. The maximum absolute atomic E-state index is 13.6. The van der Waals surface area contributed by atoms with Crippen LogP contribution in [0.2, 0.25) is 0 Å². The van der Waals surface area contributed by atoms with Crippen LogP contribution in [0.1, 0.15) is 11.1 Å². The molecule has 0 radical (unpaired) electrons. The normalized spacial score (nSPS) is 11.1. The third-order valence-electron chi connectivity index (χ3n) is 3.82. The molecular formula is C20H12F6N2O. The van der Waals surface area contributed by atoms with Gasteiger partial charge in [-0.2, -0.15) is 5.10 Å². The summed E-state index contributed by atoms with van der Waals surface area (Å²) >= 11 is 0. The molecule has 0 aromatic heterocycles. The van der Waals surface area contributed by atoms with Gasteiger partial charge in [0.05, 0.1) is 6.21 Å². The van der Waals surface area contributed by atoms with E-state index >= 15 is 0 Å². The number of hydrogen-bond acceptors (Lipinski definition) is 3. The predicted molar refractivity (Wildman–Crippen MR) is 94.6 cm³/mol. The van der Waals surface area contributed by atoms with Gasteiger partial charge in [0, 0.05) is 5.56 Å². The first-order valence-corrected chi connectivity index (χ1v) is 8.15. The number of benzene rings is 3. The van der Waals surface area contributed by atoms with E-state index in [-0.39, 0.29) is 12.4 Å². The molecule has 0 saturated carbocycles. The van der Waals surface area contributed by atoms with Gasteiger partial charge in [-0.1, -0.05) is 24.3 Å². The van der Waals surface area contributed by atoms with Crippen LogP contribution in [0.3, 0.4) is 0 Å². The van der Waals surface area contributed by atoms with E-state index in [4.69, 9.17) is 4.74 Å². The van der Waals surface area contributed by atoms with Gasteiger partial charge >= 0.3 is 0 Å². The third-order valence-corrected chi connectivity index (χ3v) is 3.82. The van der Waals surface area contributed by atoms with Gasteiger partial charge in [-0.15, -0.1) is 0 Å². The highest BCUT2D eigenvalue weighted by Crippen LogP contribution is 2.27. The smallest absolute Gasteiger partial charge is 0.200 e. The molecule has 0 atom stereocenters. The van der Waals surface area contributed by atoms with Crippen molar-refractivity contribution in [3.8, 4) is 5.75 Å². The third kappa shape index (κ3) is 4.50. The fourth-order valence-corrected chi connectivity index (χ4v) is 2.33. The molecule has 0 heterocycles. The molecule has 29 heavy (non-hydrogen) atoms. The van der Waals surface area contributed by atoms with Crippen molar-refractivity contribution in [2.45, 2.75) is 6.61 Å². The van der Waals surface area contributed by atoms with Gasteiger partial charge in [0.2, 0.25) is 5.82 Å². The molecule has 0 fully saturated rings. The molecule has 0 saturated heterocycles. The van der Waals surface area contributed by atoms with Crippen molar-refractivity contribution in [1.82, 2.24) is 0 Å². The van der Waals surface area contributed by atoms with Gasteiger partial charge in [0.15, 0.2) is 23.3 Å². The Morgan fingerprint density at radius 2 is 1.34 bits per heavy atom. The van der Waals surface area contributed by atoms with Crippen LogP contribution in [0.4, 0.5) is 32.0 Å². The number of hydrogen-bond donors (Lipinski definition) is 1. The van der Waals surface area contributed by atoms with Gasteiger partial charge in [0.25, 0.3) is 0 Å². The summed E-state index contributed by atoms with van der Waals surface area (Å²) in [6.07, 6.45) is 1.10. The van der Waals surface area contributed by atoms with Crippen LogP contribution in [0.5, 0.6) is 5.75 Å². The number of halogens is 6. The zero-order valence-corrected chi connectivity index (χ0v) is 14.5.